The van der Waals surface area contributed by atoms with Crippen LogP contribution < -0.4 is 5.32 Å². The van der Waals surface area contributed by atoms with Crippen molar-refractivity contribution in [3.05, 3.63) is 65.7 Å². The van der Waals surface area contributed by atoms with E-state index in [9.17, 15) is 13.2 Å². The van der Waals surface area contributed by atoms with Crippen LogP contribution in [0.3, 0.4) is 0 Å². The Morgan fingerprint density at radius 2 is 1.73 bits per heavy atom. The van der Waals surface area contributed by atoms with E-state index < -0.39 is 9.84 Å². The lowest BCUT2D eigenvalue weighted by Crippen LogP contribution is -2.28. The van der Waals surface area contributed by atoms with E-state index >= 15 is 0 Å². The topological polar surface area (TPSA) is 63.2 Å². The van der Waals surface area contributed by atoms with Gasteiger partial charge in [-0.05, 0) is 29.7 Å². The molecule has 0 aromatic heterocycles. The highest BCUT2D eigenvalue weighted by Crippen LogP contribution is 2.20. The molecule has 0 aliphatic heterocycles. The maximum absolute atomic E-state index is 12.2. The Bertz CT molecular complexity index is 803. The Kier molecular flexibility index (Phi) is 7.72. The smallest absolute Gasteiger partial charge is 0.221 e. The second-order valence-corrected chi connectivity index (χ2v) is 9.28. The zero-order valence-corrected chi connectivity index (χ0v) is 16.8. The molecular weight excluding hydrogens is 366 g/mol. The van der Waals surface area contributed by atoms with Crippen molar-refractivity contribution >= 4 is 27.5 Å². The molecule has 1 atom stereocenters. The number of nitrogens with one attached hydrogen (secondary N) is 1. The molecule has 0 radical (unpaired) electrons. The Morgan fingerprint density at radius 3 is 2.31 bits per heavy atom. The van der Waals surface area contributed by atoms with Crippen LogP contribution in [0.1, 0.15) is 36.9 Å². The Balaban J connectivity index is 1.82. The molecule has 2 aromatic rings. The van der Waals surface area contributed by atoms with Crippen molar-refractivity contribution in [2.24, 2.45) is 0 Å². The lowest BCUT2D eigenvalue weighted by Gasteiger charge is -2.18. The average molecular weight is 392 g/mol. The fourth-order valence-electron chi connectivity index (χ4n) is 2.56. The summed E-state index contributed by atoms with van der Waals surface area (Å²) in [7, 11) is -3.20. The van der Waals surface area contributed by atoms with Crippen molar-refractivity contribution in [1.29, 1.82) is 0 Å². The van der Waals surface area contributed by atoms with Gasteiger partial charge in [0.25, 0.3) is 0 Å². The van der Waals surface area contributed by atoms with Gasteiger partial charge in [0.2, 0.25) is 5.91 Å². The van der Waals surface area contributed by atoms with Gasteiger partial charge in [-0.3, -0.25) is 4.79 Å². The van der Waals surface area contributed by atoms with Crippen LogP contribution in [-0.2, 0) is 20.4 Å². The van der Waals surface area contributed by atoms with Crippen LogP contribution in [0.5, 0.6) is 0 Å². The van der Waals surface area contributed by atoms with E-state index in [1.807, 2.05) is 25.1 Å². The quantitative estimate of drug-likeness (QED) is 0.657. The third kappa shape index (κ3) is 6.50. The lowest BCUT2D eigenvalue weighted by molar-refractivity contribution is -0.121. The molecule has 1 amide bonds. The summed E-state index contributed by atoms with van der Waals surface area (Å²) in [5.74, 6) is 1.69. The first-order valence-corrected chi connectivity index (χ1v) is 11.7. The molecule has 6 heteroatoms. The second kappa shape index (κ2) is 9.78. The Labute approximate surface area is 160 Å². The lowest BCUT2D eigenvalue weighted by atomic mass is 10.0. The summed E-state index contributed by atoms with van der Waals surface area (Å²) in [5.41, 5.74) is 2.18. The standard InChI is InChI=1S/C20H25NO3S2/c1-3-19(17-9-11-18(12-10-17)26(2,23)24)21-20(22)13-14-25-15-16-7-5-4-6-8-16/h4-12,19H,3,13-15H2,1-2H3,(H,21,22). The molecule has 140 valence electrons. The van der Waals surface area contributed by atoms with Gasteiger partial charge in [0.05, 0.1) is 10.9 Å². The second-order valence-electron chi connectivity index (χ2n) is 6.16. The summed E-state index contributed by atoms with van der Waals surface area (Å²) in [5, 5.41) is 3.04. The molecule has 0 bridgehead atoms. The Hall–Kier alpha value is -1.79. The van der Waals surface area contributed by atoms with Crippen molar-refractivity contribution in [2.45, 2.75) is 36.5 Å². The van der Waals surface area contributed by atoms with Gasteiger partial charge in [0.1, 0.15) is 0 Å². The molecule has 1 unspecified atom stereocenters. The van der Waals surface area contributed by atoms with E-state index in [2.05, 4.69) is 17.4 Å². The predicted molar refractivity (Wildman–Crippen MR) is 108 cm³/mol. The van der Waals surface area contributed by atoms with Crippen LogP contribution in [0.2, 0.25) is 0 Å². The predicted octanol–water partition coefficient (Wildman–Crippen LogP) is 3.98. The molecule has 1 N–H and O–H groups in total. The molecule has 0 heterocycles. The minimum atomic E-state index is -3.20. The number of carbonyl (C=O) groups is 1. The van der Waals surface area contributed by atoms with Crippen LogP contribution in [0.15, 0.2) is 59.5 Å². The number of sulfone groups is 1. The van der Waals surface area contributed by atoms with Crippen LogP contribution in [0.4, 0.5) is 0 Å². The summed E-state index contributed by atoms with van der Waals surface area (Å²) in [6.45, 7) is 2.00. The highest BCUT2D eigenvalue weighted by Gasteiger charge is 2.14. The summed E-state index contributed by atoms with van der Waals surface area (Å²) < 4.78 is 23.1. The fourth-order valence-corrected chi connectivity index (χ4v) is 4.10. The number of hydrogen-bond donors (Lipinski definition) is 1. The molecule has 0 saturated carbocycles. The van der Waals surface area contributed by atoms with Gasteiger partial charge >= 0.3 is 0 Å². The number of amides is 1. The molecule has 0 aliphatic rings. The van der Waals surface area contributed by atoms with Crippen molar-refractivity contribution in [3.8, 4) is 0 Å². The number of rotatable bonds is 9. The van der Waals surface area contributed by atoms with Crippen LogP contribution in [0, 0.1) is 0 Å². The van der Waals surface area contributed by atoms with Crippen molar-refractivity contribution in [2.75, 3.05) is 12.0 Å². The van der Waals surface area contributed by atoms with Gasteiger partial charge in [-0.1, -0.05) is 49.4 Å². The molecular formula is C20H25NO3S2. The van der Waals surface area contributed by atoms with E-state index in [0.29, 0.717) is 11.3 Å². The van der Waals surface area contributed by atoms with Gasteiger partial charge in [-0.2, -0.15) is 11.8 Å². The first kappa shape index (κ1) is 20.5. The summed E-state index contributed by atoms with van der Waals surface area (Å²) in [4.78, 5) is 12.5. The average Bonchev–Trinajstić information content (AvgIpc) is 2.63. The van der Waals surface area contributed by atoms with Crippen LogP contribution in [0.25, 0.3) is 0 Å². The number of hydrogen-bond acceptors (Lipinski definition) is 4. The highest BCUT2D eigenvalue weighted by atomic mass is 32.2. The maximum atomic E-state index is 12.2. The molecule has 4 nitrogen and oxygen atoms in total. The van der Waals surface area contributed by atoms with E-state index in [-0.39, 0.29) is 11.9 Å². The third-order valence-corrected chi connectivity index (χ3v) is 6.20. The number of benzene rings is 2. The SMILES string of the molecule is CCC(NC(=O)CCSCc1ccccc1)c1ccc(S(C)(=O)=O)cc1. The van der Waals surface area contributed by atoms with E-state index in [4.69, 9.17) is 0 Å². The third-order valence-electron chi connectivity index (χ3n) is 4.04. The van der Waals surface area contributed by atoms with Crippen LogP contribution in [-0.4, -0.2) is 26.3 Å². The fraction of sp³-hybridized carbons (Fsp3) is 0.350. The summed E-state index contributed by atoms with van der Waals surface area (Å²) in [6.07, 6.45) is 2.41. The maximum Gasteiger partial charge on any atom is 0.221 e. The largest absolute Gasteiger partial charge is 0.349 e. The summed E-state index contributed by atoms with van der Waals surface area (Å²) in [6, 6.07) is 16.8. The molecule has 0 fully saturated rings. The summed E-state index contributed by atoms with van der Waals surface area (Å²) >= 11 is 1.74. The van der Waals surface area contributed by atoms with E-state index in [1.165, 1.54) is 11.8 Å². The zero-order chi connectivity index (χ0) is 19.0. The van der Waals surface area contributed by atoms with Crippen molar-refractivity contribution in [3.63, 3.8) is 0 Å². The van der Waals surface area contributed by atoms with Gasteiger partial charge in [-0.15, -0.1) is 0 Å². The van der Waals surface area contributed by atoms with Crippen LogP contribution >= 0.6 is 11.8 Å². The first-order chi connectivity index (χ1) is 12.4. The molecule has 26 heavy (non-hydrogen) atoms. The zero-order valence-electron chi connectivity index (χ0n) is 15.1. The van der Waals surface area contributed by atoms with Crippen molar-refractivity contribution < 1.29 is 13.2 Å². The van der Waals surface area contributed by atoms with Gasteiger partial charge in [0, 0.05) is 24.2 Å². The minimum Gasteiger partial charge on any atom is -0.349 e. The number of carbonyl (C=O) groups excluding carboxylic acids is 1. The normalized spacial score (nSPS) is 12.5. The van der Waals surface area contributed by atoms with Gasteiger partial charge in [-0.25, -0.2) is 8.42 Å². The molecule has 2 aromatic carbocycles. The first-order valence-electron chi connectivity index (χ1n) is 8.61. The number of thioether (sulfide) groups is 1. The van der Waals surface area contributed by atoms with E-state index in [1.54, 1.807) is 36.0 Å². The molecule has 0 spiro atoms. The van der Waals surface area contributed by atoms with Gasteiger partial charge in [0.15, 0.2) is 9.84 Å². The highest BCUT2D eigenvalue weighted by molar-refractivity contribution is 7.98. The monoisotopic (exact) mass is 391 g/mol. The minimum absolute atomic E-state index is 0.0181. The molecule has 0 saturated heterocycles. The molecule has 0 aliphatic carbocycles. The molecule has 2 rings (SSSR count). The van der Waals surface area contributed by atoms with E-state index in [0.717, 1.165) is 23.5 Å². The van der Waals surface area contributed by atoms with Gasteiger partial charge < -0.3 is 5.32 Å². The van der Waals surface area contributed by atoms with Crippen molar-refractivity contribution in [1.82, 2.24) is 5.32 Å². The Morgan fingerprint density at radius 1 is 1.08 bits per heavy atom.